The van der Waals surface area contributed by atoms with Gasteiger partial charge in [-0.05, 0) is 11.6 Å². The molecule has 3 nitrogen and oxygen atoms in total. The molecule has 11 heavy (non-hydrogen) atoms. The Morgan fingerprint density at radius 3 is 2.55 bits per heavy atom. The fraction of sp³-hybridized carbons (Fsp3) is 0.250. The summed E-state index contributed by atoms with van der Waals surface area (Å²) in [6.07, 6.45) is 0. The summed E-state index contributed by atoms with van der Waals surface area (Å²) in [5, 5.41) is 8.73. The van der Waals surface area contributed by atoms with Gasteiger partial charge in [0, 0.05) is 5.69 Å². The molecule has 0 aliphatic heterocycles. The zero-order valence-electron chi connectivity index (χ0n) is 6.20. The fourth-order valence-electron chi connectivity index (χ4n) is 0.947. The molecule has 1 atom stereocenters. The third-order valence-corrected chi connectivity index (χ3v) is 1.59. The van der Waals surface area contributed by atoms with Crippen LogP contribution < -0.4 is 11.5 Å². The number of nitrogen functional groups attached to an aromatic ring is 1. The molecule has 0 fully saturated rings. The molecular weight excluding hydrogens is 140 g/mol. The van der Waals surface area contributed by atoms with Crippen molar-refractivity contribution in [3.63, 3.8) is 0 Å². The van der Waals surface area contributed by atoms with E-state index in [0.29, 0.717) is 5.69 Å². The summed E-state index contributed by atoms with van der Waals surface area (Å²) in [6.45, 7) is -0.0752. The summed E-state index contributed by atoms with van der Waals surface area (Å²) < 4.78 is 0. The number of anilines is 1. The zero-order valence-corrected chi connectivity index (χ0v) is 6.20. The van der Waals surface area contributed by atoms with Crippen LogP contribution in [0.4, 0.5) is 5.69 Å². The summed E-state index contributed by atoms with van der Waals surface area (Å²) in [5.41, 5.74) is 12.6. The number of hydrogen-bond acceptors (Lipinski definition) is 3. The summed E-state index contributed by atoms with van der Waals surface area (Å²) in [4.78, 5) is 0. The minimum Gasteiger partial charge on any atom is -0.398 e. The molecule has 0 amide bonds. The Labute approximate surface area is 65.6 Å². The maximum atomic E-state index is 8.73. The van der Waals surface area contributed by atoms with E-state index in [1.165, 1.54) is 0 Å². The first-order chi connectivity index (χ1) is 5.25. The van der Waals surface area contributed by atoms with Gasteiger partial charge < -0.3 is 16.6 Å². The van der Waals surface area contributed by atoms with Crippen LogP contribution in [0.3, 0.4) is 0 Å². The van der Waals surface area contributed by atoms with Gasteiger partial charge in [0.2, 0.25) is 0 Å². The zero-order chi connectivity index (χ0) is 8.27. The van der Waals surface area contributed by atoms with Crippen LogP contribution in [0, 0.1) is 0 Å². The van der Waals surface area contributed by atoms with E-state index in [-0.39, 0.29) is 12.6 Å². The maximum absolute atomic E-state index is 8.73. The first-order valence-electron chi connectivity index (χ1n) is 3.46. The maximum Gasteiger partial charge on any atom is 0.0625 e. The smallest absolute Gasteiger partial charge is 0.0625 e. The van der Waals surface area contributed by atoms with Crippen molar-refractivity contribution in [1.29, 1.82) is 0 Å². The lowest BCUT2D eigenvalue weighted by atomic mass is 10.1. The quantitative estimate of drug-likeness (QED) is 0.532. The van der Waals surface area contributed by atoms with Gasteiger partial charge in [-0.1, -0.05) is 18.2 Å². The number of rotatable bonds is 2. The topological polar surface area (TPSA) is 72.3 Å². The lowest BCUT2D eigenvalue weighted by Crippen LogP contribution is -2.15. The highest BCUT2D eigenvalue weighted by Gasteiger charge is 2.05. The lowest BCUT2D eigenvalue weighted by Gasteiger charge is -2.10. The number of hydrogen-bond donors (Lipinski definition) is 3. The van der Waals surface area contributed by atoms with E-state index in [9.17, 15) is 0 Å². The molecule has 5 N–H and O–H groups in total. The highest BCUT2D eigenvalue weighted by molar-refractivity contribution is 5.47. The average molecular weight is 152 g/mol. The molecule has 1 aromatic carbocycles. The van der Waals surface area contributed by atoms with Crippen LogP contribution in [0.5, 0.6) is 0 Å². The highest BCUT2D eigenvalue weighted by atomic mass is 16.3. The Morgan fingerprint density at radius 2 is 2.00 bits per heavy atom. The van der Waals surface area contributed by atoms with Crippen molar-refractivity contribution in [2.45, 2.75) is 6.04 Å². The van der Waals surface area contributed by atoms with Crippen molar-refractivity contribution in [1.82, 2.24) is 0 Å². The molecule has 1 aromatic rings. The van der Waals surface area contributed by atoms with Crippen molar-refractivity contribution in [3.05, 3.63) is 29.8 Å². The van der Waals surface area contributed by atoms with Crippen LogP contribution in [0.15, 0.2) is 24.3 Å². The molecule has 60 valence electrons. The van der Waals surface area contributed by atoms with Gasteiger partial charge in [0.1, 0.15) is 0 Å². The molecule has 0 aliphatic carbocycles. The van der Waals surface area contributed by atoms with Crippen molar-refractivity contribution in [3.8, 4) is 0 Å². The summed E-state index contributed by atoms with van der Waals surface area (Å²) in [6, 6.07) is 6.90. The first-order valence-corrected chi connectivity index (χ1v) is 3.46. The van der Waals surface area contributed by atoms with Gasteiger partial charge in [0.05, 0.1) is 12.6 Å². The molecule has 0 saturated carbocycles. The van der Waals surface area contributed by atoms with Crippen LogP contribution in [0.1, 0.15) is 11.6 Å². The minimum absolute atomic E-state index is 0.0752. The Balaban J connectivity index is 2.93. The van der Waals surface area contributed by atoms with Gasteiger partial charge in [0.15, 0.2) is 0 Å². The normalized spacial score (nSPS) is 12.9. The van der Waals surface area contributed by atoms with Crippen molar-refractivity contribution < 1.29 is 5.11 Å². The molecule has 0 saturated heterocycles. The van der Waals surface area contributed by atoms with E-state index in [1.807, 2.05) is 18.2 Å². The van der Waals surface area contributed by atoms with Crippen LogP contribution in [-0.4, -0.2) is 11.7 Å². The second-order valence-electron chi connectivity index (χ2n) is 2.42. The second kappa shape index (κ2) is 3.37. The highest BCUT2D eigenvalue weighted by Crippen LogP contribution is 2.16. The Morgan fingerprint density at radius 1 is 1.36 bits per heavy atom. The molecule has 0 heterocycles. The van der Waals surface area contributed by atoms with Gasteiger partial charge in [-0.3, -0.25) is 0 Å². The van der Waals surface area contributed by atoms with Crippen molar-refractivity contribution in [2.24, 2.45) is 5.73 Å². The SMILES string of the molecule is Nc1ccccc1[C@@H](N)CO. The third kappa shape index (κ3) is 1.69. The molecule has 1 rings (SSSR count). The van der Waals surface area contributed by atoms with Gasteiger partial charge in [0.25, 0.3) is 0 Å². The van der Waals surface area contributed by atoms with Gasteiger partial charge in [-0.2, -0.15) is 0 Å². The molecule has 0 aliphatic rings. The van der Waals surface area contributed by atoms with Crippen LogP contribution in [-0.2, 0) is 0 Å². The number of aliphatic hydroxyl groups excluding tert-OH is 1. The van der Waals surface area contributed by atoms with E-state index in [4.69, 9.17) is 16.6 Å². The van der Waals surface area contributed by atoms with Gasteiger partial charge in [-0.25, -0.2) is 0 Å². The number of nitrogens with two attached hydrogens (primary N) is 2. The predicted molar refractivity (Wildman–Crippen MR) is 44.9 cm³/mol. The lowest BCUT2D eigenvalue weighted by molar-refractivity contribution is 0.268. The van der Waals surface area contributed by atoms with Crippen molar-refractivity contribution in [2.75, 3.05) is 12.3 Å². The van der Waals surface area contributed by atoms with E-state index in [1.54, 1.807) is 6.07 Å². The molecule has 0 unspecified atom stereocenters. The number of benzene rings is 1. The monoisotopic (exact) mass is 152 g/mol. The molecule has 0 spiro atoms. The van der Waals surface area contributed by atoms with Crippen molar-refractivity contribution >= 4 is 5.69 Å². The summed E-state index contributed by atoms with van der Waals surface area (Å²) in [5.74, 6) is 0. The second-order valence-corrected chi connectivity index (χ2v) is 2.42. The largest absolute Gasteiger partial charge is 0.398 e. The molecule has 0 radical (unpaired) electrons. The number of para-hydroxylation sites is 1. The van der Waals surface area contributed by atoms with E-state index in [2.05, 4.69) is 0 Å². The molecule has 3 heteroatoms. The van der Waals surface area contributed by atoms with Gasteiger partial charge >= 0.3 is 0 Å². The van der Waals surface area contributed by atoms with Crippen LogP contribution >= 0.6 is 0 Å². The van der Waals surface area contributed by atoms with E-state index in [0.717, 1.165) is 5.56 Å². The minimum atomic E-state index is -0.365. The molecular formula is C8H12N2O. The Hall–Kier alpha value is -1.06. The van der Waals surface area contributed by atoms with Crippen LogP contribution in [0.25, 0.3) is 0 Å². The standard InChI is InChI=1S/C8H12N2O/c9-7-4-2-1-3-6(7)8(10)5-11/h1-4,8,11H,5,9-10H2/t8-/m0/s1. The molecule has 0 bridgehead atoms. The predicted octanol–water partition coefficient (Wildman–Crippen LogP) is 0.261. The Bertz CT molecular complexity index is 237. The fourth-order valence-corrected chi connectivity index (χ4v) is 0.947. The Kier molecular flexibility index (Phi) is 2.46. The summed E-state index contributed by atoms with van der Waals surface area (Å²) in [7, 11) is 0. The first kappa shape index (κ1) is 8.04. The van der Waals surface area contributed by atoms with E-state index < -0.39 is 0 Å². The third-order valence-electron chi connectivity index (χ3n) is 1.59. The summed E-state index contributed by atoms with van der Waals surface area (Å²) >= 11 is 0. The van der Waals surface area contributed by atoms with Crippen LogP contribution in [0.2, 0.25) is 0 Å². The van der Waals surface area contributed by atoms with Gasteiger partial charge in [-0.15, -0.1) is 0 Å². The van der Waals surface area contributed by atoms with E-state index >= 15 is 0 Å². The number of aliphatic hydroxyl groups is 1. The average Bonchev–Trinajstić information content (AvgIpc) is 2.04. The molecule has 0 aromatic heterocycles.